The predicted octanol–water partition coefficient (Wildman–Crippen LogP) is 2.04. The van der Waals surface area contributed by atoms with Crippen molar-refractivity contribution in [3.63, 3.8) is 0 Å². The molecule has 0 saturated carbocycles. The number of hydrogen-bond acceptors (Lipinski definition) is 3. The lowest BCUT2D eigenvalue weighted by Gasteiger charge is -2.12. The van der Waals surface area contributed by atoms with E-state index in [9.17, 15) is 12.8 Å². The normalized spacial score (nSPS) is 13.6. The van der Waals surface area contributed by atoms with Crippen molar-refractivity contribution < 1.29 is 12.8 Å². The van der Waals surface area contributed by atoms with Gasteiger partial charge in [0.25, 0.3) is 0 Å². The number of nitrogens with one attached hydrogen (secondary N) is 1. The largest absolute Gasteiger partial charge is 0.396 e. The van der Waals surface area contributed by atoms with Crippen LogP contribution in [0.2, 0.25) is 0 Å². The van der Waals surface area contributed by atoms with Gasteiger partial charge < -0.3 is 5.73 Å². The van der Waals surface area contributed by atoms with Gasteiger partial charge in [-0.1, -0.05) is 20.3 Å². The van der Waals surface area contributed by atoms with E-state index in [0.717, 1.165) is 12.5 Å². The summed E-state index contributed by atoms with van der Waals surface area (Å²) in [5.41, 5.74) is 5.50. The SMILES string of the molecule is CCC(C)CNS(=O)(=O)c1cc(C)c(F)c(N)c1. The second-order valence-corrected chi connectivity index (χ2v) is 6.28. The van der Waals surface area contributed by atoms with Crippen LogP contribution in [-0.2, 0) is 10.0 Å². The summed E-state index contributed by atoms with van der Waals surface area (Å²) < 4.78 is 39.8. The van der Waals surface area contributed by atoms with Crippen molar-refractivity contribution in [3.05, 3.63) is 23.5 Å². The maximum absolute atomic E-state index is 13.3. The van der Waals surface area contributed by atoms with E-state index in [4.69, 9.17) is 5.73 Å². The van der Waals surface area contributed by atoms with Crippen LogP contribution in [0.3, 0.4) is 0 Å². The molecule has 0 bridgehead atoms. The van der Waals surface area contributed by atoms with Crippen molar-refractivity contribution in [2.45, 2.75) is 32.1 Å². The fourth-order valence-corrected chi connectivity index (χ4v) is 2.68. The fraction of sp³-hybridized carbons (Fsp3) is 0.500. The van der Waals surface area contributed by atoms with Gasteiger partial charge in [-0.3, -0.25) is 0 Å². The molecule has 0 spiro atoms. The van der Waals surface area contributed by atoms with Gasteiger partial charge in [0, 0.05) is 6.54 Å². The summed E-state index contributed by atoms with van der Waals surface area (Å²) in [6, 6.07) is 2.42. The summed E-state index contributed by atoms with van der Waals surface area (Å²) in [6.45, 7) is 5.78. The monoisotopic (exact) mass is 274 g/mol. The average Bonchev–Trinajstić information content (AvgIpc) is 2.32. The van der Waals surface area contributed by atoms with E-state index in [1.165, 1.54) is 13.0 Å². The highest BCUT2D eigenvalue weighted by molar-refractivity contribution is 7.89. The van der Waals surface area contributed by atoms with Crippen molar-refractivity contribution >= 4 is 15.7 Å². The van der Waals surface area contributed by atoms with Gasteiger partial charge in [0.1, 0.15) is 5.82 Å². The number of benzene rings is 1. The Kier molecular flexibility index (Phi) is 4.70. The summed E-state index contributed by atoms with van der Waals surface area (Å²) in [5, 5.41) is 0. The zero-order valence-electron chi connectivity index (χ0n) is 10.8. The van der Waals surface area contributed by atoms with E-state index < -0.39 is 15.8 Å². The van der Waals surface area contributed by atoms with Gasteiger partial charge in [0.15, 0.2) is 0 Å². The molecule has 0 saturated heterocycles. The smallest absolute Gasteiger partial charge is 0.240 e. The number of aryl methyl sites for hydroxylation is 1. The van der Waals surface area contributed by atoms with E-state index in [1.54, 1.807) is 0 Å². The van der Waals surface area contributed by atoms with Gasteiger partial charge in [-0.15, -0.1) is 0 Å². The average molecular weight is 274 g/mol. The molecule has 0 heterocycles. The maximum atomic E-state index is 13.3. The molecular formula is C12H19FN2O2S. The first-order valence-corrected chi connectivity index (χ1v) is 7.31. The summed E-state index contributed by atoms with van der Waals surface area (Å²) in [4.78, 5) is 0.00204. The third-order valence-electron chi connectivity index (χ3n) is 2.89. The number of anilines is 1. The first-order chi connectivity index (χ1) is 8.27. The molecule has 1 rings (SSSR count). The van der Waals surface area contributed by atoms with Crippen LogP contribution in [0.15, 0.2) is 17.0 Å². The minimum Gasteiger partial charge on any atom is -0.396 e. The van der Waals surface area contributed by atoms with E-state index >= 15 is 0 Å². The molecule has 18 heavy (non-hydrogen) atoms. The minimum atomic E-state index is -3.62. The Morgan fingerprint density at radius 1 is 1.44 bits per heavy atom. The van der Waals surface area contributed by atoms with Crippen LogP contribution < -0.4 is 10.5 Å². The topological polar surface area (TPSA) is 72.2 Å². The minimum absolute atomic E-state index is 0.00204. The van der Waals surface area contributed by atoms with E-state index in [-0.39, 0.29) is 22.1 Å². The molecule has 0 aliphatic heterocycles. The molecule has 1 aromatic rings. The number of nitrogen functional groups attached to an aromatic ring is 1. The first kappa shape index (κ1) is 14.9. The van der Waals surface area contributed by atoms with Crippen LogP contribution in [0.5, 0.6) is 0 Å². The number of hydrogen-bond donors (Lipinski definition) is 2. The van der Waals surface area contributed by atoms with Crippen LogP contribution in [-0.4, -0.2) is 15.0 Å². The molecule has 1 aromatic carbocycles. The Hall–Kier alpha value is -1.14. The highest BCUT2D eigenvalue weighted by atomic mass is 32.2. The highest BCUT2D eigenvalue weighted by Gasteiger charge is 2.17. The zero-order valence-corrected chi connectivity index (χ0v) is 11.6. The number of nitrogens with two attached hydrogens (primary N) is 1. The van der Waals surface area contributed by atoms with E-state index in [0.29, 0.717) is 6.54 Å². The Morgan fingerprint density at radius 3 is 2.56 bits per heavy atom. The van der Waals surface area contributed by atoms with Crippen LogP contribution in [0.4, 0.5) is 10.1 Å². The van der Waals surface area contributed by atoms with Crippen LogP contribution in [0.25, 0.3) is 0 Å². The Bertz CT molecular complexity index is 506. The van der Waals surface area contributed by atoms with Crippen molar-refractivity contribution in [3.8, 4) is 0 Å². The quantitative estimate of drug-likeness (QED) is 0.807. The molecular weight excluding hydrogens is 255 g/mol. The van der Waals surface area contributed by atoms with Gasteiger partial charge in [-0.2, -0.15) is 0 Å². The third kappa shape index (κ3) is 3.43. The van der Waals surface area contributed by atoms with E-state index in [1.807, 2.05) is 13.8 Å². The van der Waals surface area contributed by atoms with Gasteiger partial charge in [-0.25, -0.2) is 17.5 Å². The van der Waals surface area contributed by atoms with Crippen LogP contribution >= 0.6 is 0 Å². The summed E-state index contributed by atoms with van der Waals surface area (Å²) in [5.74, 6) is -0.324. The van der Waals surface area contributed by atoms with Gasteiger partial charge in [-0.05, 0) is 30.5 Å². The highest BCUT2D eigenvalue weighted by Crippen LogP contribution is 2.20. The molecule has 1 atom stereocenters. The Morgan fingerprint density at radius 2 is 2.06 bits per heavy atom. The molecule has 1 unspecified atom stereocenters. The van der Waals surface area contributed by atoms with Crippen LogP contribution in [0.1, 0.15) is 25.8 Å². The maximum Gasteiger partial charge on any atom is 0.240 e. The number of sulfonamides is 1. The van der Waals surface area contributed by atoms with Gasteiger partial charge >= 0.3 is 0 Å². The molecule has 0 radical (unpaired) electrons. The Balaban J connectivity index is 2.99. The number of rotatable bonds is 5. The standard InChI is InChI=1S/C12H19FN2O2S/c1-4-8(2)7-15-18(16,17)10-5-9(3)12(13)11(14)6-10/h5-6,8,15H,4,7,14H2,1-3H3. The molecule has 3 N–H and O–H groups in total. The molecule has 0 aliphatic rings. The molecule has 0 aromatic heterocycles. The summed E-state index contributed by atoms with van der Waals surface area (Å²) >= 11 is 0. The van der Waals surface area contributed by atoms with Crippen molar-refractivity contribution in [2.24, 2.45) is 5.92 Å². The third-order valence-corrected chi connectivity index (χ3v) is 4.29. The molecule has 0 amide bonds. The Labute approximate surface area is 107 Å². The molecule has 6 heteroatoms. The lowest BCUT2D eigenvalue weighted by Crippen LogP contribution is -2.28. The van der Waals surface area contributed by atoms with Crippen LogP contribution in [0, 0.1) is 18.7 Å². The summed E-state index contributed by atoms with van der Waals surface area (Å²) in [6.07, 6.45) is 0.882. The van der Waals surface area contributed by atoms with Crippen molar-refractivity contribution in [2.75, 3.05) is 12.3 Å². The summed E-state index contributed by atoms with van der Waals surface area (Å²) in [7, 11) is -3.62. The first-order valence-electron chi connectivity index (χ1n) is 5.83. The van der Waals surface area contributed by atoms with Crippen molar-refractivity contribution in [1.82, 2.24) is 4.72 Å². The molecule has 4 nitrogen and oxygen atoms in total. The molecule has 0 aliphatic carbocycles. The van der Waals surface area contributed by atoms with Crippen molar-refractivity contribution in [1.29, 1.82) is 0 Å². The predicted molar refractivity (Wildman–Crippen MR) is 70.2 cm³/mol. The second kappa shape index (κ2) is 5.67. The number of halogens is 1. The second-order valence-electron chi connectivity index (χ2n) is 4.51. The fourth-order valence-electron chi connectivity index (χ4n) is 1.40. The van der Waals surface area contributed by atoms with Gasteiger partial charge in [0.05, 0.1) is 10.6 Å². The molecule has 102 valence electrons. The van der Waals surface area contributed by atoms with E-state index in [2.05, 4.69) is 4.72 Å². The molecule has 0 fully saturated rings. The van der Waals surface area contributed by atoms with Gasteiger partial charge in [0.2, 0.25) is 10.0 Å². The lowest BCUT2D eigenvalue weighted by atomic mass is 10.1. The zero-order chi connectivity index (χ0) is 13.9. The lowest BCUT2D eigenvalue weighted by molar-refractivity contribution is 0.528.